The molecule has 0 bridgehead atoms. The summed E-state index contributed by atoms with van der Waals surface area (Å²) >= 11 is 9.64. The third-order valence-electron chi connectivity index (χ3n) is 3.98. The summed E-state index contributed by atoms with van der Waals surface area (Å²) in [6, 6.07) is 10.2. The Kier molecular flexibility index (Phi) is 7.54. The lowest BCUT2D eigenvalue weighted by Gasteiger charge is -2.13. The van der Waals surface area contributed by atoms with Crippen LogP contribution in [0.15, 0.2) is 50.4 Å². The number of carbonyl (C=O) groups is 2. The first-order valence-electron chi connectivity index (χ1n) is 9.09. The van der Waals surface area contributed by atoms with Crippen LogP contribution in [0, 0.1) is 0 Å². The van der Waals surface area contributed by atoms with Crippen LogP contribution in [0.4, 0.5) is 0 Å². The summed E-state index contributed by atoms with van der Waals surface area (Å²) in [7, 11) is 1.26. The van der Waals surface area contributed by atoms with E-state index in [0.29, 0.717) is 23.5 Å². The van der Waals surface area contributed by atoms with Gasteiger partial charge in [-0.15, -0.1) is 0 Å². The number of amides is 1. The number of ether oxygens (including phenoxy) is 3. The van der Waals surface area contributed by atoms with E-state index in [1.54, 1.807) is 31.2 Å². The van der Waals surface area contributed by atoms with E-state index < -0.39 is 11.9 Å². The molecule has 2 aromatic carbocycles. The second-order valence-electron chi connectivity index (χ2n) is 6.12. The summed E-state index contributed by atoms with van der Waals surface area (Å²) in [6.07, 6.45) is 1.40. The van der Waals surface area contributed by atoms with Crippen LogP contribution in [0.1, 0.15) is 23.0 Å². The average molecular weight is 510 g/mol. The molecule has 0 saturated heterocycles. The predicted octanol–water partition coefficient (Wildman–Crippen LogP) is 4.56. The van der Waals surface area contributed by atoms with E-state index in [0.717, 1.165) is 9.86 Å². The van der Waals surface area contributed by atoms with Crippen molar-refractivity contribution in [3.8, 4) is 11.5 Å². The lowest BCUT2D eigenvalue weighted by Crippen LogP contribution is -2.16. The van der Waals surface area contributed by atoms with Gasteiger partial charge >= 0.3 is 11.9 Å². The maximum Gasteiger partial charge on any atom is 0.343 e. The minimum Gasteiger partial charge on any atom is -0.490 e. The van der Waals surface area contributed by atoms with Gasteiger partial charge in [-0.3, -0.25) is 4.79 Å². The molecule has 0 saturated carbocycles. The lowest BCUT2D eigenvalue weighted by atomic mass is 10.2. The molecule has 3 aromatic rings. The largest absolute Gasteiger partial charge is 0.490 e. The highest BCUT2D eigenvalue weighted by Crippen LogP contribution is 2.36. The number of hydrazone groups is 1. The predicted molar refractivity (Wildman–Crippen MR) is 119 cm³/mol. The van der Waals surface area contributed by atoms with Gasteiger partial charge in [0.15, 0.2) is 23.9 Å². The molecular formula is C21H18BrClN2O6. The number of nitrogens with zero attached hydrogens (tertiary/aromatic N) is 1. The molecule has 0 aliphatic carbocycles. The number of rotatable bonds is 8. The quantitative estimate of drug-likeness (QED) is 0.271. The SMILES string of the molecule is CCOc1cc(/C=N/NC(=O)c2cc3cc(Br)ccc3o2)cc(Cl)c1OCC(=O)OC. The third kappa shape index (κ3) is 5.77. The average Bonchev–Trinajstić information content (AvgIpc) is 3.16. The molecule has 3 rings (SSSR count). The van der Waals surface area contributed by atoms with Gasteiger partial charge in [-0.2, -0.15) is 5.10 Å². The Hall–Kier alpha value is -3.04. The normalized spacial score (nSPS) is 11.0. The highest BCUT2D eigenvalue weighted by molar-refractivity contribution is 9.10. The molecule has 0 spiro atoms. The van der Waals surface area contributed by atoms with E-state index in [4.69, 9.17) is 25.5 Å². The Bertz CT molecular complexity index is 1140. The first-order valence-corrected chi connectivity index (χ1v) is 10.3. The third-order valence-corrected chi connectivity index (χ3v) is 4.75. The molecule has 8 nitrogen and oxygen atoms in total. The Balaban J connectivity index is 1.72. The standard InChI is InChI=1S/C21H18BrClN2O6/c1-3-29-17-7-12(6-15(23)20(17)30-11-19(26)28-2)10-24-25-21(27)18-9-13-8-14(22)4-5-16(13)31-18/h4-10H,3,11H2,1-2H3,(H,25,27)/b24-10+. The van der Waals surface area contributed by atoms with Gasteiger partial charge in [-0.05, 0) is 48.9 Å². The van der Waals surface area contributed by atoms with Gasteiger partial charge in [0.05, 0.1) is 25.0 Å². The minimum atomic E-state index is -0.551. The van der Waals surface area contributed by atoms with Crippen LogP contribution in [0.3, 0.4) is 0 Å². The number of hydrogen-bond donors (Lipinski definition) is 1. The second kappa shape index (κ2) is 10.3. The summed E-state index contributed by atoms with van der Waals surface area (Å²) in [5.74, 6) is -0.384. The van der Waals surface area contributed by atoms with Gasteiger partial charge in [0.25, 0.3) is 0 Å². The van der Waals surface area contributed by atoms with Crippen molar-refractivity contribution in [2.24, 2.45) is 5.10 Å². The molecule has 0 aliphatic heterocycles. The molecule has 0 aliphatic rings. The van der Waals surface area contributed by atoms with Gasteiger partial charge in [-0.25, -0.2) is 10.2 Å². The summed E-state index contributed by atoms with van der Waals surface area (Å²) in [6.45, 7) is 1.84. The van der Waals surface area contributed by atoms with Crippen LogP contribution >= 0.6 is 27.5 Å². The van der Waals surface area contributed by atoms with Crippen molar-refractivity contribution in [3.05, 3.63) is 57.2 Å². The Morgan fingerprint density at radius 1 is 1.23 bits per heavy atom. The van der Waals surface area contributed by atoms with Gasteiger partial charge in [0, 0.05) is 9.86 Å². The van der Waals surface area contributed by atoms with Crippen LogP contribution in [-0.4, -0.2) is 38.4 Å². The monoisotopic (exact) mass is 508 g/mol. The number of fused-ring (bicyclic) bond motifs is 1. The zero-order chi connectivity index (χ0) is 22.4. The molecule has 1 amide bonds. The van der Waals surface area contributed by atoms with Crippen LogP contribution in [0.25, 0.3) is 11.0 Å². The molecule has 1 aromatic heterocycles. The number of carbonyl (C=O) groups excluding carboxylic acids is 2. The van der Waals surface area contributed by atoms with Crippen molar-refractivity contribution >= 4 is 56.6 Å². The topological polar surface area (TPSA) is 99.4 Å². The maximum absolute atomic E-state index is 12.3. The molecule has 0 atom stereocenters. The number of furan rings is 1. The Labute approximate surface area is 191 Å². The van der Waals surface area contributed by atoms with Crippen molar-refractivity contribution < 1.29 is 28.2 Å². The fourth-order valence-electron chi connectivity index (χ4n) is 2.60. The first-order chi connectivity index (χ1) is 14.9. The minimum absolute atomic E-state index is 0.129. The summed E-state index contributed by atoms with van der Waals surface area (Å²) in [5, 5.41) is 4.95. The highest BCUT2D eigenvalue weighted by Gasteiger charge is 2.15. The Morgan fingerprint density at radius 2 is 2.03 bits per heavy atom. The molecule has 0 radical (unpaired) electrons. The number of hydrogen-bond acceptors (Lipinski definition) is 7. The number of halogens is 2. The molecule has 10 heteroatoms. The highest BCUT2D eigenvalue weighted by atomic mass is 79.9. The van der Waals surface area contributed by atoms with Gasteiger partial charge in [0.2, 0.25) is 0 Å². The van der Waals surface area contributed by atoms with Crippen LogP contribution in [0.5, 0.6) is 11.5 Å². The van der Waals surface area contributed by atoms with Gasteiger partial charge < -0.3 is 18.6 Å². The van der Waals surface area contributed by atoms with Gasteiger partial charge in [-0.1, -0.05) is 27.5 Å². The van der Waals surface area contributed by atoms with E-state index in [1.165, 1.54) is 13.3 Å². The number of methoxy groups -OCH3 is 1. The fourth-order valence-corrected chi connectivity index (χ4v) is 3.25. The zero-order valence-corrected chi connectivity index (χ0v) is 19.0. The summed E-state index contributed by atoms with van der Waals surface area (Å²) in [5.41, 5.74) is 3.54. The van der Waals surface area contributed by atoms with Crippen LogP contribution < -0.4 is 14.9 Å². The van der Waals surface area contributed by atoms with Crippen molar-refractivity contribution in [1.82, 2.24) is 5.43 Å². The zero-order valence-electron chi connectivity index (χ0n) is 16.6. The molecule has 0 fully saturated rings. The molecule has 0 unspecified atom stereocenters. The van der Waals surface area contributed by atoms with Crippen LogP contribution in [0.2, 0.25) is 5.02 Å². The summed E-state index contributed by atoms with van der Waals surface area (Å²) < 4.78 is 21.9. The number of benzene rings is 2. The molecule has 1 N–H and O–H groups in total. The number of nitrogens with one attached hydrogen (secondary N) is 1. The lowest BCUT2D eigenvalue weighted by molar-refractivity contribution is -0.142. The van der Waals surface area contributed by atoms with Crippen molar-refractivity contribution in [2.45, 2.75) is 6.92 Å². The smallest absolute Gasteiger partial charge is 0.343 e. The molecule has 1 heterocycles. The van der Waals surface area contributed by atoms with Gasteiger partial charge in [0.1, 0.15) is 5.58 Å². The van der Waals surface area contributed by atoms with E-state index in [2.05, 4.69) is 31.2 Å². The van der Waals surface area contributed by atoms with E-state index >= 15 is 0 Å². The molecule has 162 valence electrons. The first kappa shape index (κ1) is 22.6. The molecular weight excluding hydrogens is 492 g/mol. The van der Waals surface area contributed by atoms with E-state index in [-0.39, 0.29) is 23.1 Å². The maximum atomic E-state index is 12.3. The van der Waals surface area contributed by atoms with Crippen molar-refractivity contribution in [3.63, 3.8) is 0 Å². The van der Waals surface area contributed by atoms with E-state index in [1.807, 2.05) is 12.1 Å². The number of esters is 1. The second-order valence-corrected chi connectivity index (χ2v) is 7.44. The van der Waals surface area contributed by atoms with Crippen molar-refractivity contribution in [1.29, 1.82) is 0 Å². The molecule has 31 heavy (non-hydrogen) atoms. The van der Waals surface area contributed by atoms with Crippen LogP contribution in [-0.2, 0) is 9.53 Å². The van der Waals surface area contributed by atoms with Crippen molar-refractivity contribution in [2.75, 3.05) is 20.3 Å². The summed E-state index contributed by atoms with van der Waals surface area (Å²) in [4.78, 5) is 23.6. The van der Waals surface area contributed by atoms with E-state index in [9.17, 15) is 9.59 Å². The fraction of sp³-hybridized carbons (Fsp3) is 0.190. The Morgan fingerprint density at radius 3 is 2.77 bits per heavy atom.